The van der Waals surface area contributed by atoms with Crippen LogP contribution in [0.2, 0.25) is 0 Å². The number of carbonyl (C=O) groups is 1. The van der Waals surface area contributed by atoms with Gasteiger partial charge in [0.25, 0.3) is 0 Å². The maximum Gasteiger partial charge on any atom is 0.239 e. The number of likely N-dealkylation sites (tertiary alicyclic amines) is 1. The number of likely N-dealkylation sites (N-methyl/N-ethyl adjacent to an activating group) is 1. The van der Waals surface area contributed by atoms with Crippen molar-refractivity contribution in [2.75, 3.05) is 19.6 Å². The Labute approximate surface area is 140 Å². The molecule has 0 bridgehead atoms. The van der Waals surface area contributed by atoms with Crippen molar-refractivity contribution in [3.63, 3.8) is 0 Å². The van der Waals surface area contributed by atoms with Gasteiger partial charge in [-0.3, -0.25) is 9.69 Å². The standard InChI is InChI=1S/C19H31N3O/c1-4-21(13-16-9-6-5-7-10-16)17-11-8-12-22(14-17)19(23)18(20)15(2)3/h5-7,9-10,15,17-18H,4,8,11-14,20H2,1-3H3/t17?,18-/m0/s1. The average Bonchev–Trinajstić information content (AvgIpc) is 2.59. The van der Waals surface area contributed by atoms with Crippen molar-refractivity contribution in [2.24, 2.45) is 11.7 Å². The van der Waals surface area contributed by atoms with Gasteiger partial charge in [-0.2, -0.15) is 0 Å². The van der Waals surface area contributed by atoms with Gasteiger partial charge in [-0.1, -0.05) is 51.1 Å². The molecule has 1 aliphatic heterocycles. The first-order valence-electron chi connectivity index (χ1n) is 8.85. The molecule has 1 heterocycles. The number of piperidine rings is 1. The summed E-state index contributed by atoms with van der Waals surface area (Å²) in [5, 5.41) is 0. The van der Waals surface area contributed by atoms with Crippen LogP contribution in [0.5, 0.6) is 0 Å². The van der Waals surface area contributed by atoms with E-state index in [0.29, 0.717) is 6.04 Å². The van der Waals surface area contributed by atoms with Gasteiger partial charge in [-0.15, -0.1) is 0 Å². The second-order valence-corrected chi connectivity index (χ2v) is 6.90. The Balaban J connectivity index is 1.99. The van der Waals surface area contributed by atoms with E-state index < -0.39 is 0 Å². The van der Waals surface area contributed by atoms with Crippen molar-refractivity contribution in [3.8, 4) is 0 Å². The van der Waals surface area contributed by atoms with Crippen LogP contribution in [0.4, 0.5) is 0 Å². The molecule has 1 aliphatic rings. The summed E-state index contributed by atoms with van der Waals surface area (Å²) in [5.74, 6) is 0.301. The molecule has 0 aliphatic carbocycles. The summed E-state index contributed by atoms with van der Waals surface area (Å²) < 4.78 is 0. The summed E-state index contributed by atoms with van der Waals surface area (Å²) in [7, 11) is 0. The van der Waals surface area contributed by atoms with Gasteiger partial charge in [-0.05, 0) is 30.9 Å². The number of amides is 1. The van der Waals surface area contributed by atoms with Gasteiger partial charge in [0, 0.05) is 25.7 Å². The quantitative estimate of drug-likeness (QED) is 0.877. The molecule has 23 heavy (non-hydrogen) atoms. The maximum atomic E-state index is 12.5. The number of hydrogen-bond donors (Lipinski definition) is 1. The lowest BCUT2D eigenvalue weighted by Gasteiger charge is -2.40. The van der Waals surface area contributed by atoms with Crippen LogP contribution in [-0.2, 0) is 11.3 Å². The molecular weight excluding hydrogens is 286 g/mol. The first-order valence-corrected chi connectivity index (χ1v) is 8.85. The van der Waals surface area contributed by atoms with E-state index >= 15 is 0 Å². The number of hydrogen-bond acceptors (Lipinski definition) is 3. The zero-order chi connectivity index (χ0) is 16.8. The minimum absolute atomic E-state index is 0.112. The monoisotopic (exact) mass is 317 g/mol. The molecule has 4 heteroatoms. The number of nitrogens with two attached hydrogens (primary N) is 1. The summed E-state index contributed by atoms with van der Waals surface area (Å²) >= 11 is 0. The predicted octanol–water partition coefficient (Wildman–Crippen LogP) is 2.48. The Morgan fingerprint density at radius 3 is 2.65 bits per heavy atom. The third kappa shape index (κ3) is 4.79. The molecule has 2 N–H and O–H groups in total. The third-order valence-electron chi connectivity index (χ3n) is 4.86. The fraction of sp³-hybridized carbons (Fsp3) is 0.632. The second-order valence-electron chi connectivity index (χ2n) is 6.90. The average molecular weight is 317 g/mol. The first-order chi connectivity index (χ1) is 11.0. The van der Waals surface area contributed by atoms with E-state index in [-0.39, 0.29) is 17.9 Å². The third-order valence-corrected chi connectivity index (χ3v) is 4.86. The van der Waals surface area contributed by atoms with E-state index in [0.717, 1.165) is 39.0 Å². The van der Waals surface area contributed by atoms with Crippen molar-refractivity contribution in [3.05, 3.63) is 35.9 Å². The molecule has 2 rings (SSSR count). The Kier molecular flexibility index (Phi) is 6.60. The van der Waals surface area contributed by atoms with Crippen molar-refractivity contribution in [2.45, 2.75) is 52.2 Å². The van der Waals surface area contributed by atoms with Gasteiger partial charge in [0.15, 0.2) is 0 Å². The van der Waals surface area contributed by atoms with E-state index in [1.165, 1.54) is 5.56 Å². The van der Waals surface area contributed by atoms with Crippen molar-refractivity contribution in [1.82, 2.24) is 9.80 Å². The molecule has 0 spiro atoms. The van der Waals surface area contributed by atoms with Crippen molar-refractivity contribution >= 4 is 5.91 Å². The minimum atomic E-state index is -0.377. The highest BCUT2D eigenvalue weighted by Gasteiger charge is 2.30. The zero-order valence-corrected chi connectivity index (χ0v) is 14.7. The molecule has 0 saturated carbocycles. The summed E-state index contributed by atoms with van der Waals surface area (Å²) in [6, 6.07) is 10.6. The summed E-state index contributed by atoms with van der Waals surface area (Å²) in [6.45, 7) is 9.82. The Morgan fingerprint density at radius 1 is 1.35 bits per heavy atom. The maximum absolute atomic E-state index is 12.5. The Hall–Kier alpha value is -1.39. The largest absolute Gasteiger partial charge is 0.340 e. The van der Waals surface area contributed by atoms with Crippen LogP contribution < -0.4 is 5.73 Å². The van der Waals surface area contributed by atoms with E-state index in [2.05, 4.69) is 36.1 Å². The van der Waals surface area contributed by atoms with E-state index in [4.69, 9.17) is 5.73 Å². The van der Waals surface area contributed by atoms with Gasteiger partial charge in [-0.25, -0.2) is 0 Å². The Bertz CT molecular complexity index is 489. The molecule has 1 amide bonds. The fourth-order valence-corrected chi connectivity index (χ4v) is 3.27. The highest BCUT2D eigenvalue weighted by atomic mass is 16.2. The van der Waals surface area contributed by atoms with Crippen LogP contribution in [0.3, 0.4) is 0 Å². The zero-order valence-electron chi connectivity index (χ0n) is 14.7. The second kappa shape index (κ2) is 8.46. The normalized spacial score (nSPS) is 20.1. The predicted molar refractivity (Wildman–Crippen MR) is 94.9 cm³/mol. The van der Waals surface area contributed by atoms with Crippen LogP contribution in [0, 0.1) is 5.92 Å². The minimum Gasteiger partial charge on any atom is -0.340 e. The van der Waals surface area contributed by atoms with Crippen LogP contribution in [0.1, 0.15) is 39.2 Å². The molecule has 1 aromatic rings. The highest BCUT2D eigenvalue weighted by molar-refractivity contribution is 5.82. The molecule has 1 saturated heterocycles. The van der Waals surface area contributed by atoms with Crippen LogP contribution in [0.15, 0.2) is 30.3 Å². The van der Waals surface area contributed by atoms with Gasteiger partial charge in [0.05, 0.1) is 6.04 Å². The van der Waals surface area contributed by atoms with Crippen molar-refractivity contribution < 1.29 is 4.79 Å². The first kappa shape index (κ1) is 18.0. The molecule has 0 radical (unpaired) electrons. The van der Waals surface area contributed by atoms with E-state index in [1.54, 1.807) is 0 Å². The van der Waals surface area contributed by atoms with Gasteiger partial charge < -0.3 is 10.6 Å². The summed E-state index contributed by atoms with van der Waals surface area (Å²) in [6.07, 6.45) is 2.22. The topological polar surface area (TPSA) is 49.6 Å². The number of nitrogens with zero attached hydrogens (tertiary/aromatic N) is 2. The van der Waals surface area contributed by atoms with Crippen LogP contribution in [0.25, 0.3) is 0 Å². The Morgan fingerprint density at radius 2 is 2.04 bits per heavy atom. The SMILES string of the molecule is CCN(Cc1ccccc1)C1CCCN(C(=O)[C@@H](N)C(C)C)C1. The lowest BCUT2D eigenvalue weighted by molar-refractivity contribution is -0.135. The van der Waals surface area contributed by atoms with E-state index in [9.17, 15) is 4.79 Å². The van der Waals surface area contributed by atoms with Crippen LogP contribution >= 0.6 is 0 Å². The fourth-order valence-electron chi connectivity index (χ4n) is 3.27. The molecule has 2 atom stereocenters. The molecular formula is C19H31N3O. The van der Waals surface area contributed by atoms with Gasteiger partial charge in [0.1, 0.15) is 0 Å². The van der Waals surface area contributed by atoms with Crippen LogP contribution in [-0.4, -0.2) is 47.4 Å². The van der Waals surface area contributed by atoms with Crippen molar-refractivity contribution in [1.29, 1.82) is 0 Å². The molecule has 0 aromatic heterocycles. The smallest absolute Gasteiger partial charge is 0.239 e. The summed E-state index contributed by atoms with van der Waals surface area (Å²) in [4.78, 5) is 17.0. The molecule has 1 fully saturated rings. The van der Waals surface area contributed by atoms with Gasteiger partial charge in [0.2, 0.25) is 5.91 Å². The number of carbonyl (C=O) groups excluding carboxylic acids is 1. The lowest BCUT2D eigenvalue weighted by Crippen LogP contribution is -2.54. The molecule has 1 unspecified atom stereocenters. The van der Waals surface area contributed by atoms with E-state index in [1.807, 2.05) is 24.8 Å². The highest BCUT2D eigenvalue weighted by Crippen LogP contribution is 2.19. The summed E-state index contributed by atoms with van der Waals surface area (Å²) in [5.41, 5.74) is 7.39. The van der Waals surface area contributed by atoms with Gasteiger partial charge >= 0.3 is 0 Å². The molecule has 128 valence electrons. The number of rotatable bonds is 6. The lowest BCUT2D eigenvalue weighted by atomic mass is 9.99. The molecule has 1 aromatic carbocycles. The number of benzene rings is 1. The molecule has 4 nitrogen and oxygen atoms in total.